The number of nitrogens with zero attached hydrogens (tertiary/aromatic N) is 1. The molecule has 33 heavy (non-hydrogen) atoms. The van der Waals surface area contributed by atoms with Gasteiger partial charge in [0.25, 0.3) is 0 Å². The molecule has 160 valence electrons. The molecular weight excluding hydrogens is 398 g/mol. The topological polar surface area (TPSA) is 4.93 Å². The second kappa shape index (κ2) is 7.94. The lowest BCUT2D eigenvalue weighted by Crippen LogP contribution is -2.01. The molecule has 0 spiro atoms. The molecule has 1 heterocycles. The van der Waals surface area contributed by atoms with Gasteiger partial charge in [-0.3, -0.25) is 0 Å². The van der Waals surface area contributed by atoms with E-state index in [0.717, 1.165) is 12.8 Å². The van der Waals surface area contributed by atoms with Crippen molar-refractivity contribution in [3.8, 4) is 11.1 Å². The van der Waals surface area contributed by atoms with Gasteiger partial charge in [0.05, 0.1) is 11.0 Å². The van der Waals surface area contributed by atoms with Crippen LogP contribution in [0.5, 0.6) is 0 Å². The van der Waals surface area contributed by atoms with Gasteiger partial charge >= 0.3 is 0 Å². The molecule has 1 aromatic heterocycles. The molecule has 0 amide bonds. The van der Waals surface area contributed by atoms with Crippen molar-refractivity contribution < 1.29 is 0 Å². The zero-order valence-electron chi connectivity index (χ0n) is 19.2. The first-order chi connectivity index (χ1) is 16.2. The molecule has 1 aliphatic carbocycles. The highest BCUT2D eigenvalue weighted by atomic mass is 15.0. The van der Waals surface area contributed by atoms with Crippen LogP contribution in [0.2, 0.25) is 0 Å². The number of aryl methyl sites for hydroxylation is 2. The van der Waals surface area contributed by atoms with E-state index in [0.29, 0.717) is 0 Å². The molecule has 1 aliphatic rings. The van der Waals surface area contributed by atoms with Crippen molar-refractivity contribution in [2.75, 3.05) is 0 Å². The van der Waals surface area contributed by atoms with Gasteiger partial charge in [-0.2, -0.15) is 0 Å². The summed E-state index contributed by atoms with van der Waals surface area (Å²) in [5, 5.41) is 2.64. The van der Waals surface area contributed by atoms with Crippen LogP contribution in [0.4, 0.5) is 0 Å². The fourth-order valence-electron chi connectivity index (χ4n) is 5.31. The third-order valence-corrected chi connectivity index (χ3v) is 6.79. The largest absolute Gasteiger partial charge is 0.313 e. The number of para-hydroxylation sites is 1. The average molecular weight is 426 g/mol. The Morgan fingerprint density at radius 1 is 0.545 bits per heavy atom. The third-order valence-electron chi connectivity index (χ3n) is 6.79. The first-order valence-electron chi connectivity index (χ1n) is 11.7. The van der Waals surface area contributed by atoms with Crippen molar-refractivity contribution in [2.45, 2.75) is 26.7 Å². The van der Waals surface area contributed by atoms with Crippen molar-refractivity contribution in [1.82, 2.24) is 4.57 Å². The second-order valence-corrected chi connectivity index (χ2v) is 9.18. The fourth-order valence-corrected chi connectivity index (χ4v) is 5.31. The lowest BCUT2D eigenvalue weighted by Gasteiger charge is -2.18. The van der Waals surface area contributed by atoms with Crippen LogP contribution in [0.1, 0.15) is 29.5 Å². The van der Waals surface area contributed by atoms with Crippen LogP contribution in [0, 0.1) is 13.8 Å². The van der Waals surface area contributed by atoms with Gasteiger partial charge in [-0.1, -0.05) is 90.0 Å². The summed E-state index contributed by atoms with van der Waals surface area (Å²) in [5.41, 5.74) is 11.9. The van der Waals surface area contributed by atoms with Gasteiger partial charge in [-0.15, -0.1) is 0 Å². The van der Waals surface area contributed by atoms with E-state index >= 15 is 0 Å². The Bertz CT molecular complexity index is 1540. The average Bonchev–Trinajstić information content (AvgIpc) is 3.18. The van der Waals surface area contributed by atoms with Gasteiger partial charge in [0.15, 0.2) is 0 Å². The molecule has 0 aliphatic heterocycles. The summed E-state index contributed by atoms with van der Waals surface area (Å²) in [7, 11) is 0. The van der Waals surface area contributed by atoms with Crippen molar-refractivity contribution in [3.63, 3.8) is 0 Å². The normalized spacial score (nSPS) is 13.9. The number of benzene rings is 4. The SMILES string of the molecule is Cc1cc(C)cc(-c2ccc3c(c2)c2ccccc2n3C2=CC=C(c3ccccc3)CC2)c1. The summed E-state index contributed by atoms with van der Waals surface area (Å²) in [6.45, 7) is 4.35. The first kappa shape index (κ1) is 19.8. The zero-order chi connectivity index (χ0) is 22.4. The van der Waals surface area contributed by atoms with Crippen LogP contribution >= 0.6 is 0 Å². The van der Waals surface area contributed by atoms with Gasteiger partial charge in [-0.05, 0) is 73.2 Å². The summed E-state index contributed by atoms with van der Waals surface area (Å²) < 4.78 is 2.47. The summed E-state index contributed by atoms with van der Waals surface area (Å²) in [6, 6.07) is 33.3. The summed E-state index contributed by atoms with van der Waals surface area (Å²) in [6.07, 6.45) is 6.71. The quantitative estimate of drug-likeness (QED) is 0.272. The van der Waals surface area contributed by atoms with E-state index in [1.54, 1.807) is 0 Å². The van der Waals surface area contributed by atoms with Crippen LogP contribution in [0.25, 0.3) is 44.2 Å². The Hall–Kier alpha value is -3.84. The Balaban J connectivity index is 1.51. The Morgan fingerprint density at radius 2 is 1.27 bits per heavy atom. The van der Waals surface area contributed by atoms with E-state index in [4.69, 9.17) is 0 Å². The molecule has 0 saturated heterocycles. The molecular formula is C32H27N. The molecule has 6 rings (SSSR count). The second-order valence-electron chi connectivity index (χ2n) is 9.18. The monoisotopic (exact) mass is 425 g/mol. The summed E-state index contributed by atoms with van der Waals surface area (Å²) in [4.78, 5) is 0. The molecule has 0 unspecified atom stereocenters. The Kier molecular flexibility index (Phi) is 4.77. The maximum atomic E-state index is 2.47. The predicted molar refractivity (Wildman–Crippen MR) is 142 cm³/mol. The minimum absolute atomic E-state index is 1.04. The van der Waals surface area contributed by atoms with Gasteiger partial charge < -0.3 is 4.57 Å². The van der Waals surface area contributed by atoms with E-state index in [9.17, 15) is 0 Å². The molecule has 0 saturated carbocycles. The zero-order valence-corrected chi connectivity index (χ0v) is 19.2. The van der Waals surface area contributed by atoms with Gasteiger partial charge in [0.2, 0.25) is 0 Å². The van der Waals surface area contributed by atoms with E-state index in [1.165, 1.54) is 60.9 Å². The number of allylic oxidation sites excluding steroid dienone is 4. The summed E-state index contributed by atoms with van der Waals surface area (Å²) >= 11 is 0. The lowest BCUT2D eigenvalue weighted by atomic mass is 9.95. The van der Waals surface area contributed by atoms with Crippen LogP contribution in [-0.4, -0.2) is 4.57 Å². The highest BCUT2D eigenvalue weighted by Gasteiger charge is 2.17. The Labute approximate surface area is 195 Å². The van der Waals surface area contributed by atoms with Crippen LogP contribution in [0.15, 0.2) is 103 Å². The predicted octanol–water partition coefficient (Wildman–Crippen LogP) is 8.80. The van der Waals surface area contributed by atoms with Gasteiger partial charge in [0, 0.05) is 16.5 Å². The van der Waals surface area contributed by atoms with E-state index in [1.807, 2.05) is 0 Å². The maximum Gasteiger partial charge on any atom is 0.0538 e. The fraction of sp³-hybridized carbons (Fsp3) is 0.125. The van der Waals surface area contributed by atoms with Crippen LogP contribution in [-0.2, 0) is 0 Å². The molecule has 1 nitrogen and oxygen atoms in total. The first-order valence-corrected chi connectivity index (χ1v) is 11.7. The number of hydrogen-bond acceptors (Lipinski definition) is 0. The molecule has 1 heteroatoms. The highest BCUT2D eigenvalue weighted by molar-refractivity contribution is 6.11. The minimum Gasteiger partial charge on any atom is -0.313 e. The minimum atomic E-state index is 1.04. The molecule has 0 N–H and O–H groups in total. The standard InChI is InChI=1S/C32H27N/c1-22-18-23(2)20-27(19-22)26-14-17-32-30(21-26)29-10-6-7-11-31(29)33(32)28-15-12-25(13-16-28)24-8-4-3-5-9-24/h3-12,14-15,17-21H,13,16H2,1-2H3. The summed E-state index contributed by atoms with van der Waals surface area (Å²) in [5.74, 6) is 0. The molecule has 4 aromatic carbocycles. The van der Waals surface area contributed by atoms with E-state index in [2.05, 4.69) is 122 Å². The number of rotatable bonds is 3. The van der Waals surface area contributed by atoms with Crippen molar-refractivity contribution >= 4 is 33.1 Å². The van der Waals surface area contributed by atoms with Gasteiger partial charge in [0.1, 0.15) is 0 Å². The lowest BCUT2D eigenvalue weighted by molar-refractivity contribution is 0.992. The molecule has 5 aromatic rings. The molecule has 0 radical (unpaired) electrons. The van der Waals surface area contributed by atoms with Crippen molar-refractivity contribution in [2.24, 2.45) is 0 Å². The molecule has 0 bridgehead atoms. The smallest absolute Gasteiger partial charge is 0.0538 e. The van der Waals surface area contributed by atoms with Crippen LogP contribution in [0.3, 0.4) is 0 Å². The van der Waals surface area contributed by atoms with Crippen molar-refractivity contribution in [3.05, 3.63) is 120 Å². The number of fused-ring (bicyclic) bond motifs is 3. The maximum absolute atomic E-state index is 2.47. The van der Waals surface area contributed by atoms with Gasteiger partial charge in [-0.25, -0.2) is 0 Å². The number of hydrogen-bond donors (Lipinski definition) is 0. The highest BCUT2D eigenvalue weighted by Crippen LogP contribution is 2.38. The van der Waals surface area contributed by atoms with E-state index < -0.39 is 0 Å². The molecule has 0 fully saturated rings. The van der Waals surface area contributed by atoms with E-state index in [-0.39, 0.29) is 0 Å². The van der Waals surface area contributed by atoms with Crippen LogP contribution < -0.4 is 0 Å². The Morgan fingerprint density at radius 3 is 2.03 bits per heavy atom. The van der Waals surface area contributed by atoms with Crippen molar-refractivity contribution in [1.29, 1.82) is 0 Å². The number of aromatic nitrogens is 1. The third kappa shape index (κ3) is 3.50. The molecule has 0 atom stereocenters.